The molecule has 1 aliphatic rings. The van der Waals surface area contributed by atoms with Gasteiger partial charge in [-0.25, -0.2) is 14.5 Å². The largest absolute Gasteiger partial charge is 0.419 e. The molecule has 0 aromatic carbocycles. The fraction of sp³-hybridized carbons (Fsp3) is 0.412. The number of pyridine rings is 1. The lowest BCUT2D eigenvalue weighted by atomic mass is 9.98. The molecule has 1 atom stereocenters. The predicted molar refractivity (Wildman–Crippen MR) is 103 cm³/mol. The summed E-state index contributed by atoms with van der Waals surface area (Å²) in [4.78, 5) is 22.5. The number of amides is 1. The third-order valence-corrected chi connectivity index (χ3v) is 5.84. The van der Waals surface area contributed by atoms with Crippen molar-refractivity contribution < 1.29 is 18.0 Å². The number of aromatic nitrogens is 4. The second kappa shape index (κ2) is 7.17. The van der Waals surface area contributed by atoms with E-state index in [4.69, 9.17) is 5.73 Å². The SMILES string of the molecule is CNC(=O)C1CCCN(c2nn3cc(-c4cnc(N)c(C(F)(F)F)c4)nc3s2)C1. The summed E-state index contributed by atoms with van der Waals surface area (Å²) in [5.41, 5.74) is 4.90. The molecule has 1 fully saturated rings. The zero-order chi connectivity index (χ0) is 20.8. The molecule has 8 nitrogen and oxygen atoms in total. The Morgan fingerprint density at radius 2 is 2.21 bits per heavy atom. The highest BCUT2D eigenvalue weighted by atomic mass is 32.1. The minimum Gasteiger partial charge on any atom is -0.383 e. The molecule has 4 rings (SSSR count). The zero-order valence-electron chi connectivity index (χ0n) is 15.4. The number of nitrogen functional groups attached to an aromatic ring is 1. The molecule has 12 heteroatoms. The lowest BCUT2D eigenvalue weighted by Gasteiger charge is -2.31. The lowest BCUT2D eigenvalue weighted by Crippen LogP contribution is -2.42. The molecule has 3 aromatic heterocycles. The van der Waals surface area contributed by atoms with Crippen LogP contribution in [-0.4, -0.2) is 45.6 Å². The van der Waals surface area contributed by atoms with E-state index in [9.17, 15) is 18.0 Å². The van der Waals surface area contributed by atoms with Gasteiger partial charge in [0.15, 0.2) is 0 Å². The number of halogens is 3. The Kier molecular flexibility index (Phi) is 4.81. The smallest absolute Gasteiger partial charge is 0.383 e. The van der Waals surface area contributed by atoms with Gasteiger partial charge >= 0.3 is 6.18 Å². The van der Waals surface area contributed by atoms with Crippen molar-refractivity contribution in [2.24, 2.45) is 5.92 Å². The molecular formula is C17H18F3N7OS. The van der Waals surface area contributed by atoms with E-state index in [2.05, 4.69) is 20.4 Å². The van der Waals surface area contributed by atoms with Crippen molar-refractivity contribution in [2.45, 2.75) is 19.0 Å². The number of hydrogen-bond acceptors (Lipinski definition) is 7. The van der Waals surface area contributed by atoms with E-state index >= 15 is 0 Å². The maximum absolute atomic E-state index is 13.1. The number of rotatable bonds is 3. The molecule has 1 unspecified atom stereocenters. The molecule has 3 N–H and O–H groups in total. The van der Waals surface area contributed by atoms with Gasteiger partial charge in [-0.15, -0.1) is 5.10 Å². The summed E-state index contributed by atoms with van der Waals surface area (Å²) in [5, 5.41) is 7.89. The number of nitrogens with one attached hydrogen (secondary N) is 1. The topological polar surface area (TPSA) is 101 Å². The van der Waals surface area contributed by atoms with Crippen LogP contribution in [0.4, 0.5) is 24.1 Å². The van der Waals surface area contributed by atoms with Crippen molar-refractivity contribution in [1.29, 1.82) is 0 Å². The van der Waals surface area contributed by atoms with E-state index in [1.165, 1.54) is 22.0 Å². The van der Waals surface area contributed by atoms with Gasteiger partial charge < -0.3 is 16.0 Å². The number of carbonyl (C=O) groups is 1. The summed E-state index contributed by atoms with van der Waals surface area (Å²) in [6, 6.07) is 0.939. The van der Waals surface area contributed by atoms with Crippen LogP contribution in [0.3, 0.4) is 0 Å². The fourth-order valence-electron chi connectivity index (χ4n) is 3.37. The second-order valence-corrected chi connectivity index (χ2v) is 7.73. The standard InChI is InChI=1S/C17H18F3N7OS/c1-22-14(28)9-3-2-4-26(7-9)16-25-27-8-12(24-15(27)29-16)10-5-11(17(18,19)20)13(21)23-6-10/h5-6,8-9H,2-4,7H2,1H3,(H2,21,23)(H,22,28). The fourth-order valence-corrected chi connectivity index (χ4v) is 4.29. The van der Waals surface area contributed by atoms with Crippen LogP contribution in [0.2, 0.25) is 0 Å². The molecule has 0 radical (unpaired) electrons. The summed E-state index contributed by atoms with van der Waals surface area (Å²) >= 11 is 1.32. The first kappa shape index (κ1) is 19.4. The molecule has 0 aliphatic carbocycles. The van der Waals surface area contributed by atoms with Crippen molar-refractivity contribution in [2.75, 3.05) is 30.8 Å². The van der Waals surface area contributed by atoms with Crippen molar-refractivity contribution >= 4 is 33.2 Å². The Hall–Kier alpha value is -2.89. The molecule has 0 spiro atoms. The van der Waals surface area contributed by atoms with Gasteiger partial charge in [-0.2, -0.15) is 13.2 Å². The second-order valence-electron chi connectivity index (χ2n) is 6.79. The minimum atomic E-state index is -4.59. The third kappa shape index (κ3) is 3.71. The van der Waals surface area contributed by atoms with E-state index < -0.39 is 17.6 Å². The molecule has 154 valence electrons. The highest BCUT2D eigenvalue weighted by Crippen LogP contribution is 2.35. The first-order valence-corrected chi connectivity index (χ1v) is 9.73. The Balaban J connectivity index is 1.60. The monoisotopic (exact) mass is 425 g/mol. The number of alkyl halides is 3. The van der Waals surface area contributed by atoms with Crippen molar-refractivity contribution in [1.82, 2.24) is 24.9 Å². The molecule has 3 aromatic rings. The van der Waals surface area contributed by atoms with Crippen LogP contribution >= 0.6 is 11.3 Å². The average Bonchev–Trinajstić information content (AvgIpc) is 3.26. The summed E-state index contributed by atoms with van der Waals surface area (Å²) in [6.45, 7) is 1.36. The number of carbonyl (C=O) groups excluding carboxylic acids is 1. The quantitative estimate of drug-likeness (QED) is 0.668. The summed E-state index contributed by atoms with van der Waals surface area (Å²) in [5.74, 6) is -0.657. The normalized spacial score (nSPS) is 17.7. The molecule has 4 heterocycles. The molecule has 1 amide bonds. The molecule has 0 saturated carbocycles. The van der Waals surface area contributed by atoms with E-state index in [0.29, 0.717) is 17.2 Å². The summed E-state index contributed by atoms with van der Waals surface area (Å²) in [6.07, 6.45) is -0.0678. The molecular weight excluding hydrogens is 407 g/mol. The zero-order valence-corrected chi connectivity index (χ0v) is 16.2. The van der Waals surface area contributed by atoms with Crippen molar-refractivity contribution in [3.63, 3.8) is 0 Å². The third-order valence-electron chi connectivity index (χ3n) is 4.86. The molecule has 1 aliphatic heterocycles. The Morgan fingerprint density at radius 3 is 2.90 bits per heavy atom. The van der Waals surface area contributed by atoms with Gasteiger partial charge in [0.05, 0.1) is 23.4 Å². The van der Waals surface area contributed by atoms with E-state index in [0.717, 1.165) is 30.6 Å². The Bertz CT molecular complexity index is 1030. The molecule has 1 saturated heterocycles. The Labute approximate surface area is 167 Å². The van der Waals surface area contributed by atoms with Crippen LogP contribution in [0.25, 0.3) is 16.2 Å². The number of nitrogens with zero attached hydrogens (tertiary/aromatic N) is 5. The number of fused-ring (bicyclic) bond motifs is 1. The van der Waals surface area contributed by atoms with Crippen LogP contribution < -0.4 is 16.0 Å². The number of hydrogen-bond donors (Lipinski definition) is 2. The number of piperidine rings is 1. The van der Waals surface area contributed by atoms with Crippen molar-refractivity contribution in [3.8, 4) is 11.3 Å². The average molecular weight is 425 g/mol. The maximum Gasteiger partial charge on any atom is 0.419 e. The molecule has 0 bridgehead atoms. The highest BCUT2D eigenvalue weighted by Gasteiger charge is 2.34. The summed E-state index contributed by atoms with van der Waals surface area (Å²) < 4.78 is 40.7. The van der Waals surface area contributed by atoms with Gasteiger partial charge in [0.1, 0.15) is 5.82 Å². The van der Waals surface area contributed by atoms with E-state index in [-0.39, 0.29) is 17.4 Å². The van der Waals surface area contributed by atoms with Crippen LogP contribution in [0.1, 0.15) is 18.4 Å². The van der Waals surface area contributed by atoms with Gasteiger partial charge in [-0.3, -0.25) is 4.79 Å². The van der Waals surface area contributed by atoms with Gasteiger partial charge in [-0.1, -0.05) is 11.3 Å². The lowest BCUT2D eigenvalue weighted by molar-refractivity contribution is -0.137. The van der Waals surface area contributed by atoms with E-state index in [1.54, 1.807) is 13.2 Å². The van der Waals surface area contributed by atoms with Gasteiger partial charge in [0.2, 0.25) is 16.0 Å². The first-order valence-electron chi connectivity index (χ1n) is 8.92. The Morgan fingerprint density at radius 1 is 1.41 bits per heavy atom. The van der Waals surface area contributed by atoms with E-state index in [1.807, 2.05) is 4.90 Å². The number of nitrogens with two attached hydrogens (primary N) is 1. The van der Waals surface area contributed by atoms with Crippen LogP contribution in [-0.2, 0) is 11.0 Å². The first-order chi connectivity index (χ1) is 13.8. The highest BCUT2D eigenvalue weighted by molar-refractivity contribution is 7.20. The predicted octanol–water partition coefficient (Wildman–Crippen LogP) is 2.42. The van der Waals surface area contributed by atoms with Crippen LogP contribution in [0.5, 0.6) is 0 Å². The maximum atomic E-state index is 13.1. The summed E-state index contributed by atoms with van der Waals surface area (Å²) in [7, 11) is 1.62. The molecule has 29 heavy (non-hydrogen) atoms. The van der Waals surface area contributed by atoms with Crippen LogP contribution in [0.15, 0.2) is 18.5 Å². The van der Waals surface area contributed by atoms with Crippen molar-refractivity contribution in [3.05, 3.63) is 24.0 Å². The van der Waals surface area contributed by atoms with Gasteiger partial charge in [-0.05, 0) is 18.9 Å². The number of imidazole rings is 1. The van der Waals surface area contributed by atoms with Gasteiger partial charge in [0.25, 0.3) is 0 Å². The minimum absolute atomic E-state index is 0.00893. The van der Waals surface area contributed by atoms with Crippen LogP contribution in [0, 0.1) is 5.92 Å². The van der Waals surface area contributed by atoms with Gasteiger partial charge in [0, 0.05) is 31.9 Å². The number of anilines is 2.